The van der Waals surface area contributed by atoms with E-state index < -0.39 is 6.04 Å². The summed E-state index contributed by atoms with van der Waals surface area (Å²) in [4.78, 5) is 14.1. The summed E-state index contributed by atoms with van der Waals surface area (Å²) in [7, 11) is 0. The van der Waals surface area contributed by atoms with Crippen molar-refractivity contribution in [3.8, 4) is 6.07 Å². The van der Waals surface area contributed by atoms with Crippen molar-refractivity contribution in [2.45, 2.75) is 26.3 Å². The molecule has 0 heterocycles. The van der Waals surface area contributed by atoms with Crippen molar-refractivity contribution in [2.24, 2.45) is 11.7 Å². The summed E-state index contributed by atoms with van der Waals surface area (Å²) in [5.74, 6) is 0.237. The number of carbonyl (C=O) groups excluding carboxylic acids is 1. The molecule has 4 heteroatoms. The maximum absolute atomic E-state index is 12.4. The Morgan fingerprint density at radius 3 is 2.53 bits per heavy atom. The number of hydrogen-bond acceptors (Lipinski definition) is 3. The second-order valence-electron chi connectivity index (χ2n) is 4.97. The summed E-state index contributed by atoms with van der Waals surface area (Å²) in [5, 5.41) is 8.67. The first-order valence-electron chi connectivity index (χ1n) is 6.52. The summed E-state index contributed by atoms with van der Waals surface area (Å²) in [5.41, 5.74) is 6.82. The third-order valence-electron chi connectivity index (χ3n) is 2.82. The van der Waals surface area contributed by atoms with Crippen LogP contribution in [0.4, 0.5) is 0 Å². The molecule has 0 saturated carbocycles. The molecule has 0 bridgehead atoms. The van der Waals surface area contributed by atoms with Crippen LogP contribution in [0.2, 0.25) is 0 Å². The molecule has 0 spiro atoms. The fourth-order valence-corrected chi connectivity index (χ4v) is 1.92. The van der Waals surface area contributed by atoms with Gasteiger partial charge in [0.1, 0.15) is 6.04 Å². The number of benzene rings is 1. The van der Waals surface area contributed by atoms with Gasteiger partial charge in [-0.05, 0) is 11.5 Å². The van der Waals surface area contributed by atoms with E-state index in [0.717, 1.165) is 5.56 Å². The normalized spacial score (nSPS) is 11.9. The van der Waals surface area contributed by atoms with E-state index in [1.54, 1.807) is 4.90 Å². The fourth-order valence-electron chi connectivity index (χ4n) is 1.92. The van der Waals surface area contributed by atoms with Crippen molar-refractivity contribution < 1.29 is 4.79 Å². The lowest BCUT2D eigenvalue weighted by molar-refractivity contribution is -0.133. The summed E-state index contributed by atoms with van der Waals surface area (Å²) in [6, 6.07) is 10.7. The molecule has 19 heavy (non-hydrogen) atoms. The molecule has 4 nitrogen and oxygen atoms in total. The van der Waals surface area contributed by atoms with Crippen molar-refractivity contribution in [1.82, 2.24) is 4.90 Å². The van der Waals surface area contributed by atoms with Gasteiger partial charge < -0.3 is 10.6 Å². The lowest BCUT2D eigenvalue weighted by Crippen LogP contribution is -2.41. The van der Waals surface area contributed by atoms with Crippen LogP contribution in [0, 0.1) is 17.2 Å². The van der Waals surface area contributed by atoms with Crippen LogP contribution < -0.4 is 5.73 Å². The van der Waals surface area contributed by atoms with Crippen LogP contribution >= 0.6 is 0 Å². The maximum Gasteiger partial charge on any atom is 0.244 e. The minimum Gasteiger partial charge on any atom is -0.340 e. The molecular formula is C15H21N3O. The molecule has 1 aromatic rings. The number of nitriles is 1. The molecule has 0 saturated heterocycles. The second-order valence-corrected chi connectivity index (χ2v) is 4.97. The minimum absolute atomic E-state index is 0.116. The predicted octanol–water partition coefficient (Wildman–Crippen LogP) is 2.08. The van der Waals surface area contributed by atoms with E-state index in [9.17, 15) is 4.79 Å². The van der Waals surface area contributed by atoms with Gasteiger partial charge >= 0.3 is 0 Å². The highest BCUT2D eigenvalue weighted by Crippen LogP contribution is 2.14. The van der Waals surface area contributed by atoms with Gasteiger partial charge in [0.15, 0.2) is 0 Å². The van der Waals surface area contributed by atoms with Crippen LogP contribution in [0.1, 0.15) is 31.9 Å². The van der Waals surface area contributed by atoms with Gasteiger partial charge in [0.05, 0.1) is 12.5 Å². The fraction of sp³-hybridized carbons (Fsp3) is 0.467. The number of nitrogens with two attached hydrogens (primary N) is 1. The van der Waals surface area contributed by atoms with Gasteiger partial charge in [-0.3, -0.25) is 4.79 Å². The Morgan fingerprint density at radius 2 is 2.00 bits per heavy atom. The quantitative estimate of drug-likeness (QED) is 0.850. The van der Waals surface area contributed by atoms with E-state index in [0.29, 0.717) is 25.4 Å². The molecule has 1 amide bonds. The van der Waals surface area contributed by atoms with Gasteiger partial charge in [-0.15, -0.1) is 0 Å². The number of hydrogen-bond donors (Lipinski definition) is 1. The second kappa shape index (κ2) is 7.55. The van der Waals surface area contributed by atoms with Crippen LogP contribution in [0.5, 0.6) is 0 Å². The Balaban J connectivity index is 2.78. The number of nitrogens with zero attached hydrogens (tertiary/aromatic N) is 2. The highest BCUT2D eigenvalue weighted by molar-refractivity contribution is 5.83. The van der Waals surface area contributed by atoms with Gasteiger partial charge in [-0.2, -0.15) is 5.26 Å². The highest BCUT2D eigenvalue weighted by Gasteiger charge is 2.22. The van der Waals surface area contributed by atoms with Crippen molar-refractivity contribution in [2.75, 3.05) is 13.1 Å². The smallest absolute Gasteiger partial charge is 0.244 e. The Hall–Kier alpha value is -1.86. The van der Waals surface area contributed by atoms with Crippen LogP contribution in [-0.4, -0.2) is 23.9 Å². The number of rotatable bonds is 6. The Morgan fingerprint density at radius 1 is 1.37 bits per heavy atom. The monoisotopic (exact) mass is 259 g/mol. The molecule has 2 N–H and O–H groups in total. The molecule has 0 aromatic heterocycles. The molecule has 1 atom stereocenters. The van der Waals surface area contributed by atoms with E-state index in [4.69, 9.17) is 11.0 Å². The first-order valence-corrected chi connectivity index (χ1v) is 6.52. The van der Waals surface area contributed by atoms with E-state index in [-0.39, 0.29) is 5.91 Å². The van der Waals surface area contributed by atoms with Gasteiger partial charge in [0.25, 0.3) is 0 Å². The van der Waals surface area contributed by atoms with Gasteiger partial charge in [0.2, 0.25) is 5.91 Å². The average molecular weight is 259 g/mol. The molecule has 1 rings (SSSR count). The van der Waals surface area contributed by atoms with Crippen molar-refractivity contribution in [1.29, 1.82) is 5.26 Å². The number of carbonyl (C=O) groups is 1. The van der Waals surface area contributed by atoms with E-state index in [1.165, 1.54) is 0 Å². The van der Waals surface area contributed by atoms with E-state index in [2.05, 4.69) is 6.07 Å². The minimum atomic E-state index is -0.654. The SMILES string of the molecule is CC(C)CN(CCC#N)C(=O)[C@H](N)c1ccccc1. The van der Waals surface area contributed by atoms with E-state index in [1.807, 2.05) is 44.2 Å². The van der Waals surface area contributed by atoms with Gasteiger partial charge in [0, 0.05) is 13.1 Å². The summed E-state index contributed by atoms with van der Waals surface area (Å²) in [6.07, 6.45) is 0.333. The summed E-state index contributed by atoms with van der Waals surface area (Å²) >= 11 is 0. The van der Waals surface area contributed by atoms with Crippen molar-refractivity contribution >= 4 is 5.91 Å². The molecule has 0 aliphatic rings. The zero-order valence-electron chi connectivity index (χ0n) is 11.5. The first kappa shape index (κ1) is 15.2. The van der Waals surface area contributed by atoms with Crippen molar-refractivity contribution in [3.05, 3.63) is 35.9 Å². The van der Waals surface area contributed by atoms with Crippen LogP contribution in [0.25, 0.3) is 0 Å². The molecule has 102 valence electrons. The Bertz CT molecular complexity index is 436. The lowest BCUT2D eigenvalue weighted by Gasteiger charge is -2.26. The highest BCUT2D eigenvalue weighted by atomic mass is 16.2. The van der Waals surface area contributed by atoms with Crippen LogP contribution in [0.3, 0.4) is 0 Å². The lowest BCUT2D eigenvalue weighted by atomic mass is 10.1. The predicted molar refractivity (Wildman–Crippen MR) is 75.0 cm³/mol. The molecule has 0 aliphatic carbocycles. The molecule has 0 fully saturated rings. The van der Waals surface area contributed by atoms with Crippen LogP contribution in [0.15, 0.2) is 30.3 Å². The molecule has 1 aromatic carbocycles. The largest absolute Gasteiger partial charge is 0.340 e. The third kappa shape index (κ3) is 4.72. The summed E-state index contributed by atoms with van der Waals surface area (Å²) < 4.78 is 0. The van der Waals surface area contributed by atoms with Crippen LogP contribution in [-0.2, 0) is 4.79 Å². The molecule has 0 radical (unpaired) electrons. The zero-order chi connectivity index (χ0) is 14.3. The third-order valence-corrected chi connectivity index (χ3v) is 2.82. The molecular weight excluding hydrogens is 238 g/mol. The Labute approximate surface area is 114 Å². The average Bonchev–Trinajstić information content (AvgIpc) is 2.42. The number of amides is 1. The van der Waals surface area contributed by atoms with Gasteiger partial charge in [-0.25, -0.2) is 0 Å². The molecule has 0 aliphatic heterocycles. The molecule has 0 unspecified atom stereocenters. The summed E-state index contributed by atoms with van der Waals surface area (Å²) in [6.45, 7) is 5.15. The Kier molecular flexibility index (Phi) is 6.04. The first-order chi connectivity index (χ1) is 9.06. The van der Waals surface area contributed by atoms with Crippen molar-refractivity contribution in [3.63, 3.8) is 0 Å². The van der Waals surface area contributed by atoms with Gasteiger partial charge in [-0.1, -0.05) is 44.2 Å². The zero-order valence-corrected chi connectivity index (χ0v) is 11.5. The topological polar surface area (TPSA) is 70.1 Å². The maximum atomic E-state index is 12.4. The van der Waals surface area contributed by atoms with E-state index >= 15 is 0 Å². The standard InChI is InChI=1S/C15H21N3O/c1-12(2)11-18(10-6-9-16)15(19)14(17)13-7-4-3-5-8-13/h3-5,7-8,12,14H,6,10-11,17H2,1-2H3/t14-/m1/s1.